The van der Waals surface area contributed by atoms with Gasteiger partial charge in [0.25, 0.3) is 5.60 Å². The van der Waals surface area contributed by atoms with Crippen molar-refractivity contribution in [2.75, 3.05) is 26.6 Å². The molecule has 0 spiro atoms. The highest BCUT2D eigenvalue weighted by Crippen LogP contribution is 2.50. The van der Waals surface area contributed by atoms with Gasteiger partial charge in [0.2, 0.25) is 11.7 Å². The Hall–Kier alpha value is -3.41. The van der Waals surface area contributed by atoms with Gasteiger partial charge in [-0.25, -0.2) is 0 Å². The molecule has 0 aliphatic carbocycles. The van der Waals surface area contributed by atoms with Gasteiger partial charge in [-0.15, -0.1) is 0 Å². The van der Waals surface area contributed by atoms with Gasteiger partial charge in [-0.05, 0) is 35.9 Å². The number of alkyl halides is 6. The number of hydrogen-bond acceptors (Lipinski definition) is 5. The molecule has 0 atom stereocenters. The van der Waals surface area contributed by atoms with Crippen molar-refractivity contribution in [3.8, 4) is 17.2 Å². The Balaban J connectivity index is 2.21. The van der Waals surface area contributed by atoms with Crippen molar-refractivity contribution in [3.63, 3.8) is 0 Å². The summed E-state index contributed by atoms with van der Waals surface area (Å²) in [5.74, 6) is 0.265. The molecule has 0 bridgehead atoms. The van der Waals surface area contributed by atoms with Crippen LogP contribution in [0.3, 0.4) is 0 Å². The molecule has 0 saturated carbocycles. The lowest BCUT2D eigenvalue weighted by atomic mass is 9.92. The number of anilines is 1. The third kappa shape index (κ3) is 5.33. The minimum absolute atomic E-state index is 0.0926. The Morgan fingerprint density at radius 3 is 1.76 bits per heavy atom. The van der Waals surface area contributed by atoms with Gasteiger partial charge >= 0.3 is 12.4 Å². The summed E-state index contributed by atoms with van der Waals surface area (Å²) in [5, 5.41) is 11.7. The van der Waals surface area contributed by atoms with Crippen LogP contribution < -0.4 is 19.5 Å². The Morgan fingerprint density at radius 1 is 0.879 bits per heavy atom. The molecule has 1 amide bonds. The van der Waals surface area contributed by atoms with Crippen molar-refractivity contribution in [2.24, 2.45) is 0 Å². The predicted octanol–water partition coefficient (Wildman–Crippen LogP) is 4.68. The average Bonchev–Trinajstić information content (AvgIpc) is 2.75. The third-order valence-electron chi connectivity index (χ3n) is 4.50. The zero-order valence-corrected chi connectivity index (χ0v) is 17.5. The number of nitrogens with one attached hydrogen (secondary N) is 1. The van der Waals surface area contributed by atoms with E-state index in [0.29, 0.717) is 34.9 Å². The van der Waals surface area contributed by atoms with E-state index in [1.165, 1.54) is 27.4 Å². The van der Waals surface area contributed by atoms with Gasteiger partial charge in [0.15, 0.2) is 11.5 Å². The molecule has 0 unspecified atom stereocenters. The maximum Gasteiger partial charge on any atom is 0.430 e. The maximum atomic E-state index is 12.9. The minimum Gasteiger partial charge on any atom is -0.493 e. The van der Waals surface area contributed by atoms with Crippen molar-refractivity contribution in [1.82, 2.24) is 0 Å². The zero-order chi connectivity index (χ0) is 25.0. The van der Waals surface area contributed by atoms with Crippen LogP contribution in [0.2, 0.25) is 0 Å². The smallest absolute Gasteiger partial charge is 0.430 e. The van der Waals surface area contributed by atoms with E-state index in [1.807, 2.05) is 0 Å². The van der Waals surface area contributed by atoms with Crippen LogP contribution >= 0.6 is 0 Å². The summed E-state index contributed by atoms with van der Waals surface area (Å²) in [6, 6.07) is 5.58. The van der Waals surface area contributed by atoms with E-state index < -0.39 is 29.4 Å². The molecule has 12 heteroatoms. The lowest BCUT2D eigenvalue weighted by Gasteiger charge is -2.32. The molecule has 2 aromatic carbocycles. The van der Waals surface area contributed by atoms with Crippen LogP contribution in [0.4, 0.5) is 32.0 Å². The molecule has 0 radical (unpaired) electrons. The fraction of sp³-hybridized carbons (Fsp3) is 0.286. The molecule has 180 valence electrons. The summed E-state index contributed by atoms with van der Waals surface area (Å²) < 4.78 is 93.2. The summed E-state index contributed by atoms with van der Waals surface area (Å²) in [4.78, 5) is 12.1. The van der Waals surface area contributed by atoms with Crippen LogP contribution in [-0.4, -0.2) is 44.7 Å². The highest BCUT2D eigenvalue weighted by molar-refractivity contribution is 6.02. The van der Waals surface area contributed by atoms with E-state index in [-0.39, 0.29) is 5.69 Å². The molecule has 0 aromatic heterocycles. The second-order valence-corrected chi connectivity index (χ2v) is 6.56. The number of halogens is 6. The molecule has 0 fully saturated rings. The van der Waals surface area contributed by atoms with Gasteiger partial charge in [-0.1, -0.05) is 12.1 Å². The molecule has 2 aromatic rings. The summed E-state index contributed by atoms with van der Waals surface area (Å²) >= 11 is 0. The van der Waals surface area contributed by atoms with E-state index in [1.54, 1.807) is 12.1 Å². The van der Waals surface area contributed by atoms with Crippen LogP contribution in [0.5, 0.6) is 17.2 Å². The molecular weight excluding hydrogens is 460 g/mol. The number of ether oxygens (including phenoxy) is 3. The van der Waals surface area contributed by atoms with Gasteiger partial charge in [0.1, 0.15) is 0 Å². The molecule has 2 rings (SSSR count). The second kappa shape index (κ2) is 9.61. The first-order valence-corrected chi connectivity index (χ1v) is 9.04. The predicted molar refractivity (Wildman–Crippen MR) is 106 cm³/mol. The molecule has 0 heterocycles. The van der Waals surface area contributed by atoms with Crippen molar-refractivity contribution in [2.45, 2.75) is 18.0 Å². The Kier molecular flexibility index (Phi) is 7.53. The summed E-state index contributed by atoms with van der Waals surface area (Å²) in [5.41, 5.74) is -6.09. The topological polar surface area (TPSA) is 77.0 Å². The molecular formula is C21H19F6NO5. The summed E-state index contributed by atoms with van der Waals surface area (Å²) in [6.07, 6.45) is -9.55. The molecule has 0 aliphatic rings. The monoisotopic (exact) mass is 479 g/mol. The van der Waals surface area contributed by atoms with Crippen LogP contribution in [0, 0.1) is 0 Å². The Morgan fingerprint density at radius 2 is 1.36 bits per heavy atom. The normalized spacial score (nSPS) is 12.5. The fourth-order valence-electron chi connectivity index (χ4n) is 2.84. The number of rotatable bonds is 7. The molecule has 2 N–H and O–H groups in total. The highest BCUT2D eigenvalue weighted by atomic mass is 19.4. The van der Waals surface area contributed by atoms with E-state index in [4.69, 9.17) is 14.2 Å². The Labute approximate surface area is 184 Å². The number of carbonyl (C=O) groups excluding carboxylic acids is 1. The van der Waals surface area contributed by atoms with Crippen molar-refractivity contribution in [1.29, 1.82) is 0 Å². The first-order chi connectivity index (χ1) is 15.3. The second-order valence-electron chi connectivity index (χ2n) is 6.56. The molecule has 0 saturated heterocycles. The standard InChI is InChI=1S/C21H19F6NO5/c1-31-15-10-12(11-16(32-2)18(15)33-3)4-9-17(29)28-14-7-5-13(6-8-14)19(30,20(22,23)24)21(25,26)27/h4-11,30H,1-3H3,(H,28,29)/b9-4+. The largest absolute Gasteiger partial charge is 0.493 e. The van der Waals surface area contributed by atoms with Gasteiger partial charge < -0.3 is 24.6 Å². The van der Waals surface area contributed by atoms with Crippen LogP contribution in [0.25, 0.3) is 6.08 Å². The maximum absolute atomic E-state index is 12.9. The van der Waals surface area contributed by atoms with Crippen LogP contribution in [0.1, 0.15) is 11.1 Å². The number of amides is 1. The lowest BCUT2D eigenvalue weighted by molar-refractivity contribution is -0.376. The lowest BCUT2D eigenvalue weighted by Crippen LogP contribution is -2.53. The fourth-order valence-corrected chi connectivity index (χ4v) is 2.84. The first-order valence-electron chi connectivity index (χ1n) is 9.04. The van der Waals surface area contributed by atoms with Crippen molar-refractivity contribution in [3.05, 3.63) is 53.6 Å². The number of carbonyl (C=O) groups is 1. The number of methoxy groups -OCH3 is 3. The van der Waals surface area contributed by atoms with E-state index in [0.717, 1.165) is 18.2 Å². The first kappa shape index (κ1) is 25.8. The quantitative estimate of drug-likeness (QED) is 0.446. The minimum atomic E-state index is -6.00. The number of aliphatic hydroxyl groups is 1. The SMILES string of the molecule is COc1cc(/C=C/C(=O)Nc2ccc(C(O)(C(F)(F)F)C(F)(F)F)cc2)cc(OC)c1OC. The molecule has 33 heavy (non-hydrogen) atoms. The van der Waals surface area contributed by atoms with E-state index in [2.05, 4.69) is 5.32 Å². The van der Waals surface area contributed by atoms with Gasteiger partial charge in [-0.2, -0.15) is 26.3 Å². The molecule has 0 aliphatic heterocycles. The summed E-state index contributed by atoms with van der Waals surface area (Å²) in [6.45, 7) is 0. The van der Waals surface area contributed by atoms with Crippen molar-refractivity contribution >= 4 is 17.7 Å². The Bertz CT molecular complexity index is 976. The van der Waals surface area contributed by atoms with E-state index in [9.17, 15) is 36.2 Å². The highest BCUT2D eigenvalue weighted by Gasteiger charge is 2.71. The van der Waals surface area contributed by atoms with Gasteiger partial charge in [0.05, 0.1) is 21.3 Å². The van der Waals surface area contributed by atoms with E-state index >= 15 is 0 Å². The van der Waals surface area contributed by atoms with Gasteiger partial charge in [-0.3, -0.25) is 4.79 Å². The van der Waals surface area contributed by atoms with Crippen LogP contribution in [-0.2, 0) is 10.4 Å². The van der Waals surface area contributed by atoms with Crippen LogP contribution in [0.15, 0.2) is 42.5 Å². The number of hydrogen-bond donors (Lipinski definition) is 2. The third-order valence-corrected chi connectivity index (χ3v) is 4.50. The average molecular weight is 479 g/mol. The zero-order valence-electron chi connectivity index (χ0n) is 17.5. The summed E-state index contributed by atoms with van der Waals surface area (Å²) in [7, 11) is 4.22. The molecule has 6 nitrogen and oxygen atoms in total. The number of benzene rings is 2. The van der Waals surface area contributed by atoms with Crippen molar-refractivity contribution < 1.29 is 50.5 Å². The van der Waals surface area contributed by atoms with Gasteiger partial charge in [0, 0.05) is 17.3 Å².